The second-order valence-corrected chi connectivity index (χ2v) is 4.34. The van der Waals surface area contributed by atoms with Gasteiger partial charge in [0.1, 0.15) is 0 Å². The van der Waals surface area contributed by atoms with Crippen LogP contribution in [0.4, 0.5) is 5.69 Å². The number of furan rings is 1. The summed E-state index contributed by atoms with van der Waals surface area (Å²) in [5.41, 5.74) is 2.13. The summed E-state index contributed by atoms with van der Waals surface area (Å²) in [4.78, 5) is 12.0. The Balaban J connectivity index is 2.15. The van der Waals surface area contributed by atoms with Crippen molar-refractivity contribution in [1.29, 1.82) is 0 Å². The molecular weight excluding hydrogens is 264 g/mol. The van der Waals surface area contributed by atoms with Crippen molar-refractivity contribution in [3.05, 3.63) is 52.9 Å². The van der Waals surface area contributed by atoms with Crippen LogP contribution in [0.3, 0.4) is 0 Å². The number of anilines is 1. The Kier molecular flexibility index (Phi) is 4.60. The van der Waals surface area contributed by atoms with Gasteiger partial charge in [-0.05, 0) is 35.8 Å². The molecule has 0 aliphatic rings. The lowest BCUT2D eigenvalue weighted by molar-refractivity contribution is 0.102. The van der Waals surface area contributed by atoms with E-state index in [2.05, 4.69) is 10.6 Å². The Morgan fingerprint density at radius 1 is 1.32 bits per heavy atom. The normalized spacial score (nSPS) is 10.4. The Hall–Kier alpha value is -1.78. The third-order valence-corrected chi connectivity index (χ3v) is 2.99. The Labute approximate surface area is 116 Å². The quantitative estimate of drug-likeness (QED) is 0.882. The summed E-state index contributed by atoms with van der Waals surface area (Å²) in [5.74, 6) is -0.275. The average molecular weight is 279 g/mol. The topological polar surface area (TPSA) is 54.3 Å². The van der Waals surface area contributed by atoms with Crippen LogP contribution in [0.2, 0.25) is 5.22 Å². The number of halogens is 1. The van der Waals surface area contributed by atoms with Crippen molar-refractivity contribution in [2.75, 3.05) is 11.9 Å². The van der Waals surface area contributed by atoms with Crippen molar-refractivity contribution in [2.24, 2.45) is 0 Å². The predicted molar refractivity (Wildman–Crippen MR) is 75.5 cm³/mol. The van der Waals surface area contributed by atoms with Gasteiger partial charge >= 0.3 is 0 Å². The van der Waals surface area contributed by atoms with Crippen LogP contribution in [0, 0.1) is 0 Å². The van der Waals surface area contributed by atoms with Crippen LogP contribution in [0.1, 0.15) is 22.8 Å². The molecule has 2 rings (SSSR count). The van der Waals surface area contributed by atoms with Crippen LogP contribution >= 0.6 is 11.6 Å². The van der Waals surface area contributed by atoms with Crippen LogP contribution in [-0.4, -0.2) is 12.5 Å². The monoisotopic (exact) mass is 278 g/mol. The van der Waals surface area contributed by atoms with E-state index in [-0.39, 0.29) is 11.1 Å². The highest BCUT2D eigenvalue weighted by Gasteiger charge is 2.14. The number of benzene rings is 1. The van der Waals surface area contributed by atoms with Crippen LogP contribution < -0.4 is 10.6 Å². The van der Waals surface area contributed by atoms with Gasteiger partial charge in [0, 0.05) is 12.2 Å². The predicted octanol–water partition coefficient (Wildman–Crippen LogP) is 3.29. The van der Waals surface area contributed by atoms with E-state index in [1.54, 1.807) is 6.07 Å². The molecule has 4 nitrogen and oxygen atoms in total. The van der Waals surface area contributed by atoms with Crippen molar-refractivity contribution in [3.8, 4) is 0 Å². The van der Waals surface area contributed by atoms with Gasteiger partial charge in [-0.15, -0.1) is 0 Å². The van der Waals surface area contributed by atoms with Crippen LogP contribution in [0.25, 0.3) is 0 Å². The number of hydrogen-bond acceptors (Lipinski definition) is 3. The second kappa shape index (κ2) is 6.41. The molecule has 0 saturated carbocycles. The van der Waals surface area contributed by atoms with Gasteiger partial charge in [0.05, 0.1) is 11.8 Å². The molecule has 0 spiro atoms. The van der Waals surface area contributed by atoms with E-state index >= 15 is 0 Å². The molecule has 2 aromatic rings. The molecule has 0 bridgehead atoms. The van der Waals surface area contributed by atoms with E-state index < -0.39 is 0 Å². The molecule has 0 saturated heterocycles. The molecule has 19 heavy (non-hydrogen) atoms. The molecule has 100 valence electrons. The van der Waals surface area contributed by atoms with E-state index in [0.29, 0.717) is 12.1 Å². The van der Waals surface area contributed by atoms with Gasteiger partial charge in [-0.1, -0.05) is 25.1 Å². The van der Waals surface area contributed by atoms with Crippen molar-refractivity contribution < 1.29 is 9.21 Å². The summed E-state index contributed by atoms with van der Waals surface area (Å²) in [5, 5.41) is 6.17. The van der Waals surface area contributed by atoms with E-state index in [9.17, 15) is 4.79 Å². The highest BCUT2D eigenvalue weighted by atomic mass is 35.5. The zero-order valence-corrected chi connectivity index (χ0v) is 11.3. The fourth-order valence-corrected chi connectivity index (χ4v) is 1.90. The summed E-state index contributed by atoms with van der Waals surface area (Å²) in [6.45, 7) is 3.61. The van der Waals surface area contributed by atoms with Crippen molar-refractivity contribution in [3.63, 3.8) is 0 Å². The summed E-state index contributed by atoms with van der Waals surface area (Å²) in [7, 11) is 0. The van der Waals surface area contributed by atoms with Gasteiger partial charge in [-0.3, -0.25) is 4.79 Å². The highest BCUT2D eigenvalue weighted by Crippen LogP contribution is 2.20. The Morgan fingerprint density at radius 3 is 2.79 bits per heavy atom. The number of para-hydroxylation sites is 1. The molecule has 0 aliphatic heterocycles. The van der Waals surface area contributed by atoms with Crippen molar-refractivity contribution in [1.82, 2.24) is 5.32 Å². The number of rotatable bonds is 5. The molecule has 1 heterocycles. The third-order valence-electron chi connectivity index (χ3n) is 2.69. The first-order chi connectivity index (χ1) is 9.22. The van der Waals surface area contributed by atoms with E-state index in [4.69, 9.17) is 16.0 Å². The first-order valence-electron chi connectivity index (χ1n) is 6.05. The fourth-order valence-electron chi connectivity index (χ4n) is 1.70. The van der Waals surface area contributed by atoms with Gasteiger partial charge < -0.3 is 15.1 Å². The summed E-state index contributed by atoms with van der Waals surface area (Å²) < 4.78 is 4.91. The molecule has 1 amide bonds. The minimum absolute atomic E-state index is 0.0988. The summed E-state index contributed by atoms with van der Waals surface area (Å²) >= 11 is 5.78. The number of carbonyl (C=O) groups excluding carboxylic acids is 1. The Morgan fingerprint density at radius 2 is 2.11 bits per heavy atom. The summed E-state index contributed by atoms with van der Waals surface area (Å²) in [6, 6.07) is 9.19. The maximum atomic E-state index is 12.0. The van der Waals surface area contributed by atoms with E-state index in [1.807, 2.05) is 31.2 Å². The lowest BCUT2D eigenvalue weighted by Gasteiger charge is -2.10. The molecule has 1 aromatic carbocycles. The molecule has 1 aromatic heterocycles. The largest absolute Gasteiger partial charge is 0.452 e. The minimum Gasteiger partial charge on any atom is -0.452 e. The summed E-state index contributed by atoms with van der Waals surface area (Å²) in [6.07, 6.45) is 1.39. The standard InChI is InChI=1S/C14H15ClN2O2/c1-2-16-9-10-5-3-4-6-12(10)17-14(18)11-7-8-19-13(11)15/h3-8,16H,2,9H2,1H3,(H,17,18). The number of amides is 1. The molecule has 0 aliphatic carbocycles. The lowest BCUT2D eigenvalue weighted by Crippen LogP contribution is -2.16. The first kappa shape index (κ1) is 13.6. The molecule has 0 atom stereocenters. The van der Waals surface area contributed by atoms with E-state index in [0.717, 1.165) is 17.8 Å². The van der Waals surface area contributed by atoms with Gasteiger partial charge in [-0.25, -0.2) is 0 Å². The third kappa shape index (κ3) is 3.36. The number of nitrogens with one attached hydrogen (secondary N) is 2. The van der Waals surface area contributed by atoms with Crippen molar-refractivity contribution in [2.45, 2.75) is 13.5 Å². The first-order valence-corrected chi connectivity index (χ1v) is 6.43. The van der Waals surface area contributed by atoms with Gasteiger partial charge in [0.15, 0.2) is 0 Å². The smallest absolute Gasteiger partial charge is 0.260 e. The van der Waals surface area contributed by atoms with E-state index in [1.165, 1.54) is 6.26 Å². The maximum absolute atomic E-state index is 12.0. The molecule has 0 fully saturated rings. The maximum Gasteiger partial charge on any atom is 0.260 e. The van der Waals surface area contributed by atoms with Crippen molar-refractivity contribution >= 4 is 23.2 Å². The fraction of sp³-hybridized carbons (Fsp3) is 0.214. The molecule has 0 radical (unpaired) electrons. The van der Waals surface area contributed by atoms with Crippen LogP contribution in [-0.2, 0) is 6.54 Å². The van der Waals surface area contributed by atoms with Gasteiger partial charge in [0.25, 0.3) is 5.91 Å². The molecule has 5 heteroatoms. The molecule has 0 unspecified atom stereocenters. The lowest BCUT2D eigenvalue weighted by atomic mass is 10.1. The average Bonchev–Trinajstić information content (AvgIpc) is 2.84. The van der Waals surface area contributed by atoms with Gasteiger partial charge in [0.2, 0.25) is 5.22 Å². The Bertz CT molecular complexity index is 566. The molecular formula is C14H15ClN2O2. The van der Waals surface area contributed by atoms with Crippen LogP contribution in [0.15, 0.2) is 41.0 Å². The zero-order valence-electron chi connectivity index (χ0n) is 10.6. The highest BCUT2D eigenvalue weighted by molar-refractivity contribution is 6.32. The number of hydrogen-bond donors (Lipinski definition) is 2. The minimum atomic E-state index is -0.275. The van der Waals surface area contributed by atoms with Gasteiger partial charge in [-0.2, -0.15) is 0 Å². The zero-order chi connectivity index (χ0) is 13.7. The molecule has 2 N–H and O–H groups in total. The SMILES string of the molecule is CCNCc1ccccc1NC(=O)c1ccoc1Cl. The number of carbonyl (C=O) groups is 1. The second-order valence-electron chi connectivity index (χ2n) is 4.00. The van der Waals surface area contributed by atoms with Crippen LogP contribution in [0.5, 0.6) is 0 Å².